The average Bonchev–Trinajstić information content (AvgIpc) is 2.34. The number of benzene rings is 1. The maximum absolute atomic E-state index is 12.0. The Kier molecular flexibility index (Phi) is 2.37. The highest BCUT2D eigenvalue weighted by Gasteiger charge is 2.51. The van der Waals surface area contributed by atoms with E-state index in [4.69, 9.17) is 5.41 Å². The van der Waals surface area contributed by atoms with E-state index in [1.807, 2.05) is 0 Å². The third kappa shape index (κ3) is 1.59. The fourth-order valence-electron chi connectivity index (χ4n) is 2.72. The van der Waals surface area contributed by atoms with Gasteiger partial charge in [-0.3, -0.25) is 15.5 Å². The minimum Gasteiger partial charge on any atom is -0.345 e. The van der Waals surface area contributed by atoms with Gasteiger partial charge >= 0.3 is 0 Å². The molecule has 20 heavy (non-hydrogen) atoms. The van der Waals surface area contributed by atoms with Gasteiger partial charge in [0, 0.05) is 25.6 Å². The number of sulfonamides is 1. The first-order chi connectivity index (χ1) is 9.25. The number of nitro benzene ring substituents is 1. The highest BCUT2D eigenvalue weighted by Crippen LogP contribution is 2.43. The summed E-state index contributed by atoms with van der Waals surface area (Å²) in [6.07, 6.45) is 0.440. The normalized spacial score (nSPS) is 26.6. The van der Waals surface area contributed by atoms with Gasteiger partial charge in [-0.05, 0) is 11.1 Å². The molecule has 1 fully saturated rings. The van der Waals surface area contributed by atoms with E-state index < -0.39 is 20.5 Å². The van der Waals surface area contributed by atoms with Gasteiger partial charge in [-0.25, -0.2) is 12.7 Å². The van der Waals surface area contributed by atoms with E-state index in [1.165, 1.54) is 19.2 Å². The summed E-state index contributed by atoms with van der Waals surface area (Å²) in [4.78, 5) is 10.3. The summed E-state index contributed by atoms with van der Waals surface area (Å²) >= 11 is 0. The lowest BCUT2D eigenvalue weighted by molar-refractivity contribution is -0.385. The molecule has 1 aromatic carbocycles. The third-order valence-electron chi connectivity index (χ3n) is 3.83. The number of nitrogens with zero attached hydrogens (tertiary/aromatic N) is 2. The Bertz CT molecular complexity index is 745. The van der Waals surface area contributed by atoms with E-state index in [0.29, 0.717) is 12.0 Å². The summed E-state index contributed by atoms with van der Waals surface area (Å²) < 4.78 is 25.0. The molecule has 1 aliphatic carbocycles. The smallest absolute Gasteiger partial charge is 0.269 e. The van der Waals surface area contributed by atoms with Crippen molar-refractivity contribution in [2.75, 3.05) is 12.8 Å². The molecule has 1 spiro atoms. The van der Waals surface area contributed by atoms with Crippen molar-refractivity contribution in [2.24, 2.45) is 0 Å². The maximum atomic E-state index is 12.0. The summed E-state index contributed by atoms with van der Waals surface area (Å²) in [5, 5.41) is 21.4. The van der Waals surface area contributed by atoms with Crippen LogP contribution in [0.4, 0.5) is 5.69 Å². The van der Waals surface area contributed by atoms with Gasteiger partial charge < -0.3 is 5.32 Å². The molecule has 1 saturated heterocycles. The molecule has 0 bridgehead atoms. The van der Waals surface area contributed by atoms with E-state index >= 15 is 0 Å². The fraction of sp³-hybridized carbons (Fsp3) is 0.364. The van der Waals surface area contributed by atoms with Crippen molar-refractivity contribution < 1.29 is 13.3 Å². The molecule has 106 valence electrons. The predicted octanol–water partition coefficient (Wildman–Crippen LogP) is 0.146. The average molecular weight is 296 g/mol. The zero-order chi connectivity index (χ0) is 14.7. The molecular formula is C11H12N4O4S. The second-order valence-electron chi connectivity index (χ2n) is 5.05. The molecule has 0 radical (unpaired) electrons. The molecule has 1 aliphatic heterocycles. The molecule has 1 aromatic rings. The minimum absolute atomic E-state index is 0.0764. The Hall–Kier alpha value is -2.16. The number of nitrogens with one attached hydrogen (secondary N) is 2. The van der Waals surface area contributed by atoms with Crippen LogP contribution in [0, 0.1) is 15.5 Å². The molecule has 0 unspecified atom stereocenters. The molecule has 0 saturated carbocycles. The number of non-ortho nitro benzene ring substituents is 1. The molecule has 1 atom stereocenters. The van der Waals surface area contributed by atoms with Gasteiger partial charge in [0.2, 0.25) is 16.0 Å². The van der Waals surface area contributed by atoms with Crippen LogP contribution in [0.2, 0.25) is 0 Å². The Morgan fingerprint density at radius 1 is 1.50 bits per heavy atom. The van der Waals surface area contributed by atoms with Gasteiger partial charge in [0.1, 0.15) is 0 Å². The van der Waals surface area contributed by atoms with Crippen LogP contribution in [-0.4, -0.2) is 36.4 Å². The van der Waals surface area contributed by atoms with Crippen molar-refractivity contribution in [2.45, 2.75) is 12.0 Å². The summed E-state index contributed by atoms with van der Waals surface area (Å²) in [6.45, 7) is 0. The standard InChI is InChI=1S/C11H12N4O4S/c1-14-10(12)13-11(6-20(14,18)19)5-7-2-3-8(15(16)17)4-9(7)11/h2-4H,5-6H2,1H3,(H2,12,13)/t11-/m0/s1. The van der Waals surface area contributed by atoms with E-state index in [-0.39, 0.29) is 17.4 Å². The van der Waals surface area contributed by atoms with Crippen molar-refractivity contribution >= 4 is 21.7 Å². The summed E-state index contributed by atoms with van der Waals surface area (Å²) in [7, 11) is -2.27. The topological polar surface area (TPSA) is 116 Å². The molecular weight excluding hydrogens is 284 g/mol. The summed E-state index contributed by atoms with van der Waals surface area (Å²) in [6, 6.07) is 4.43. The highest BCUT2D eigenvalue weighted by molar-refractivity contribution is 7.89. The van der Waals surface area contributed by atoms with Crippen LogP contribution in [0.1, 0.15) is 11.1 Å². The Labute approximate surface area is 115 Å². The van der Waals surface area contributed by atoms with Gasteiger partial charge in [0.05, 0.1) is 16.2 Å². The Balaban J connectivity index is 2.07. The van der Waals surface area contributed by atoms with Crippen LogP contribution in [-0.2, 0) is 22.0 Å². The highest BCUT2D eigenvalue weighted by atomic mass is 32.2. The third-order valence-corrected chi connectivity index (χ3v) is 5.71. The lowest BCUT2D eigenvalue weighted by Gasteiger charge is -2.49. The predicted molar refractivity (Wildman–Crippen MR) is 70.9 cm³/mol. The van der Waals surface area contributed by atoms with Gasteiger partial charge in [-0.15, -0.1) is 0 Å². The number of rotatable bonds is 1. The van der Waals surface area contributed by atoms with Gasteiger partial charge in [-0.2, -0.15) is 0 Å². The first-order valence-corrected chi connectivity index (χ1v) is 7.47. The second-order valence-corrected chi connectivity index (χ2v) is 7.05. The first-order valence-electron chi connectivity index (χ1n) is 5.86. The van der Waals surface area contributed by atoms with E-state index in [1.54, 1.807) is 6.07 Å². The van der Waals surface area contributed by atoms with Crippen LogP contribution in [0.15, 0.2) is 18.2 Å². The fourth-order valence-corrected chi connectivity index (χ4v) is 4.19. The monoisotopic (exact) mass is 296 g/mol. The number of fused-ring (bicyclic) bond motifs is 2. The molecule has 8 nitrogen and oxygen atoms in total. The van der Waals surface area contributed by atoms with E-state index in [9.17, 15) is 18.5 Å². The number of guanidine groups is 1. The molecule has 2 aliphatic rings. The van der Waals surface area contributed by atoms with Gasteiger partial charge in [0.25, 0.3) is 5.69 Å². The summed E-state index contributed by atoms with van der Waals surface area (Å²) in [5.41, 5.74) is 0.473. The van der Waals surface area contributed by atoms with Crippen LogP contribution in [0.3, 0.4) is 0 Å². The SMILES string of the molecule is CN1C(=N)N[C@@]2(Cc3ccc([N+](=O)[O-])cc32)CS1(=O)=O. The summed E-state index contributed by atoms with van der Waals surface area (Å²) in [5.74, 6) is -0.416. The molecule has 3 rings (SSSR count). The van der Waals surface area contributed by atoms with Crippen LogP contribution in [0.5, 0.6) is 0 Å². The second kappa shape index (κ2) is 3.69. The number of nitro groups is 1. The Morgan fingerprint density at radius 2 is 2.20 bits per heavy atom. The number of hydrogen-bond donors (Lipinski definition) is 2. The Morgan fingerprint density at radius 3 is 2.80 bits per heavy atom. The van der Waals surface area contributed by atoms with Gasteiger partial charge in [-0.1, -0.05) is 6.07 Å². The van der Waals surface area contributed by atoms with Crippen LogP contribution >= 0.6 is 0 Å². The zero-order valence-electron chi connectivity index (χ0n) is 10.6. The van der Waals surface area contributed by atoms with Crippen molar-refractivity contribution in [3.05, 3.63) is 39.4 Å². The largest absolute Gasteiger partial charge is 0.345 e. The van der Waals surface area contributed by atoms with Crippen molar-refractivity contribution in [1.82, 2.24) is 9.62 Å². The van der Waals surface area contributed by atoms with Crippen molar-refractivity contribution in [3.8, 4) is 0 Å². The molecule has 9 heteroatoms. The molecule has 1 heterocycles. The van der Waals surface area contributed by atoms with Crippen LogP contribution in [0.25, 0.3) is 0 Å². The van der Waals surface area contributed by atoms with Crippen molar-refractivity contribution in [1.29, 1.82) is 5.41 Å². The molecule has 2 N–H and O–H groups in total. The minimum atomic E-state index is -3.58. The molecule has 0 aromatic heterocycles. The zero-order valence-corrected chi connectivity index (χ0v) is 11.4. The lowest BCUT2D eigenvalue weighted by atomic mass is 9.71. The van der Waals surface area contributed by atoms with Gasteiger partial charge in [0.15, 0.2) is 0 Å². The van der Waals surface area contributed by atoms with E-state index in [0.717, 1.165) is 9.87 Å². The maximum Gasteiger partial charge on any atom is 0.269 e. The lowest BCUT2D eigenvalue weighted by Crippen LogP contribution is -2.66. The molecule has 0 amide bonds. The van der Waals surface area contributed by atoms with Crippen LogP contribution < -0.4 is 5.32 Å². The number of hydrogen-bond acceptors (Lipinski definition) is 5. The quantitative estimate of drug-likeness (QED) is 0.565. The van der Waals surface area contributed by atoms with E-state index in [2.05, 4.69) is 5.32 Å². The van der Waals surface area contributed by atoms with Crippen molar-refractivity contribution in [3.63, 3.8) is 0 Å². The first kappa shape index (κ1) is 12.9.